The van der Waals surface area contributed by atoms with Crippen molar-refractivity contribution in [2.75, 3.05) is 19.7 Å². The summed E-state index contributed by atoms with van der Waals surface area (Å²) in [7, 11) is 0. The molecule has 30 heavy (non-hydrogen) atoms. The lowest BCUT2D eigenvalue weighted by Gasteiger charge is -2.42. The van der Waals surface area contributed by atoms with Gasteiger partial charge in [-0.3, -0.25) is 0 Å². The number of rotatable bonds is 6. The maximum atomic E-state index is 5.97. The van der Waals surface area contributed by atoms with Crippen LogP contribution < -0.4 is 4.74 Å². The summed E-state index contributed by atoms with van der Waals surface area (Å²) in [6.45, 7) is 5.42. The average molecular weight is 422 g/mol. The maximum absolute atomic E-state index is 5.97. The van der Waals surface area contributed by atoms with Crippen LogP contribution in [-0.4, -0.2) is 30.6 Å². The SMILES string of the molecule is CCCOc1ccccc1Sc1ccc2occ(C3CCN4CCCCC4C3)c2c1. The second-order valence-corrected chi connectivity index (χ2v) is 9.77. The van der Waals surface area contributed by atoms with E-state index in [2.05, 4.69) is 48.2 Å². The first kappa shape index (κ1) is 20.0. The van der Waals surface area contributed by atoms with Crippen LogP contribution in [-0.2, 0) is 0 Å². The summed E-state index contributed by atoms with van der Waals surface area (Å²) in [5.41, 5.74) is 2.42. The predicted molar refractivity (Wildman–Crippen MR) is 124 cm³/mol. The topological polar surface area (TPSA) is 25.6 Å². The number of benzene rings is 2. The van der Waals surface area contributed by atoms with Crippen LogP contribution in [0.15, 0.2) is 62.9 Å². The molecule has 2 fully saturated rings. The monoisotopic (exact) mass is 421 g/mol. The molecule has 0 aliphatic carbocycles. The normalized spacial score (nSPS) is 22.2. The minimum Gasteiger partial charge on any atom is -0.492 e. The maximum Gasteiger partial charge on any atom is 0.134 e. The van der Waals surface area contributed by atoms with E-state index in [-0.39, 0.29) is 0 Å². The lowest BCUT2D eigenvalue weighted by atomic mass is 9.82. The van der Waals surface area contributed by atoms with Crippen molar-refractivity contribution in [2.45, 2.75) is 67.2 Å². The molecule has 2 unspecified atom stereocenters. The van der Waals surface area contributed by atoms with Crippen LogP contribution in [0.4, 0.5) is 0 Å². The van der Waals surface area contributed by atoms with Gasteiger partial charge in [-0.1, -0.05) is 37.2 Å². The molecule has 5 rings (SSSR count). The zero-order chi connectivity index (χ0) is 20.3. The van der Waals surface area contributed by atoms with Crippen LogP contribution in [0.2, 0.25) is 0 Å². The largest absolute Gasteiger partial charge is 0.492 e. The van der Waals surface area contributed by atoms with Crippen molar-refractivity contribution < 1.29 is 9.15 Å². The fraction of sp³-hybridized carbons (Fsp3) is 0.462. The van der Waals surface area contributed by atoms with Gasteiger partial charge in [0.25, 0.3) is 0 Å². The summed E-state index contributed by atoms with van der Waals surface area (Å²) in [6, 6.07) is 15.7. The van der Waals surface area contributed by atoms with Crippen LogP contribution in [0.3, 0.4) is 0 Å². The summed E-state index contributed by atoms with van der Waals surface area (Å²) in [6.07, 6.45) is 9.70. The van der Waals surface area contributed by atoms with Crippen molar-refractivity contribution in [3.05, 3.63) is 54.3 Å². The van der Waals surface area contributed by atoms with Gasteiger partial charge in [-0.2, -0.15) is 0 Å². The van der Waals surface area contributed by atoms with E-state index in [0.29, 0.717) is 5.92 Å². The highest BCUT2D eigenvalue weighted by molar-refractivity contribution is 7.99. The highest BCUT2D eigenvalue weighted by atomic mass is 32.2. The van der Waals surface area contributed by atoms with E-state index in [1.807, 2.05) is 12.3 Å². The molecule has 3 aromatic rings. The van der Waals surface area contributed by atoms with Crippen LogP contribution in [0.5, 0.6) is 5.75 Å². The first-order chi connectivity index (χ1) is 14.8. The van der Waals surface area contributed by atoms with Crippen LogP contribution in [0.25, 0.3) is 11.0 Å². The molecular weight excluding hydrogens is 390 g/mol. The second-order valence-electron chi connectivity index (χ2n) is 8.65. The Hall–Kier alpha value is -1.91. The predicted octanol–water partition coefficient (Wildman–Crippen LogP) is 7.10. The Morgan fingerprint density at radius 2 is 2.03 bits per heavy atom. The van der Waals surface area contributed by atoms with Crippen molar-refractivity contribution in [3.63, 3.8) is 0 Å². The number of hydrogen-bond donors (Lipinski definition) is 0. The third-order valence-electron chi connectivity index (χ3n) is 6.62. The van der Waals surface area contributed by atoms with Crippen molar-refractivity contribution >= 4 is 22.7 Å². The van der Waals surface area contributed by atoms with Crippen molar-refractivity contribution in [2.24, 2.45) is 0 Å². The Kier molecular flexibility index (Phi) is 6.05. The zero-order valence-corrected chi connectivity index (χ0v) is 18.6. The summed E-state index contributed by atoms with van der Waals surface area (Å²) in [5, 5.41) is 1.29. The average Bonchev–Trinajstić information content (AvgIpc) is 3.21. The van der Waals surface area contributed by atoms with E-state index in [9.17, 15) is 0 Å². The Labute approximate surface area is 183 Å². The lowest BCUT2D eigenvalue weighted by Crippen LogP contribution is -2.44. The van der Waals surface area contributed by atoms with E-state index in [1.54, 1.807) is 11.8 Å². The van der Waals surface area contributed by atoms with Gasteiger partial charge in [-0.25, -0.2) is 0 Å². The Morgan fingerprint density at radius 3 is 2.97 bits per heavy atom. The highest BCUT2D eigenvalue weighted by Gasteiger charge is 2.32. The van der Waals surface area contributed by atoms with Gasteiger partial charge in [0.2, 0.25) is 0 Å². The molecular formula is C26H31NO2S. The van der Waals surface area contributed by atoms with Crippen LogP contribution in [0, 0.1) is 0 Å². The van der Waals surface area contributed by atoms with Gasteiger partial charge in [0.15, 0.2) is 0 Å². The highest BCUT2D eigenvalue weighted by Crippen LogP contribution is 2.41. The molecule has 0 bridgehead atoms. The molecule has 2 atom stereocenters. The Bertz CT molecular complexity index is 998. The minimum atomic E-state index is 0.617. The summed E-state index contributed by atoms with van der Waals surface area (Å²) < 4.78 is 11.9. The molecule has 0 spiro atoms. The molecule has 4 heteroatoms. The van der Waals surface area contributed by atoms with Gasteiger partial charge in [0.05, 0.1) is 17.8 Å². The molecule has 0 radical (unpaired) electrons. The first-order valence-corrected chi connectivity index (χ1v) is 12.3. The van der Waals surface area contributed by atoms with Gasteiger partial charge in [-0.05, 0) is 81.4 Å². The number of furan rings is 1. The van der Waals surface area contributed by atoms with Crippen molar-refractivity contribution in [1.82, 2.24) is 4.90 Å². The fourth-order valence-electron chi connectivity index (χ4n) is 5.07. The number of para-hydroxylation sites is 1. The Morgan fingerprint density at radius 1 is 1.10 bits per heavy atom. The van der Waals surface area contributed by atoms with Crippen molar-refractivity contribution in [1.29, 1.82) is 0 Å². The number of fused-ring (bicyclic) bond motifs is 2. The molecule has 1 aromatic heterocycles. The molecule has 2 aliphatic rings. The standard InChI is InChI=1S/C26H31NO2S/c1-2-15-28-25-8-3-4-9-26(25)30-21-10-11-24-22(17-21)23(18-29-24)19-12-14-27-13-6-5-7-20(27)16-19/h3-4,8-11,17-20H,2,5-7,12-16H2,1H3. The molecule has 158 valence electrons. The van der Waals surface area contributed by atoms with E-state index < -0.39 is 0 Å². The molecule has 3 nitrogen and oxygen atoms in total. The minimum absolute atomic E-state index is 0.617. The van der Waals surface area contributed by atoms with Gasteiger partial charge in [0.1, 0.15) is 11.3 Å². The molecule has 3 heterocycles. The molecule has 2 saturated heterocycles. The third kappa shape index (κ3) is 4.13. The van der Waals surface area contributed by atoms with E-state index in [1.165, 1.54) is 65.9 Å². The van der Waals surface area contributed by atoms with Gasteiger partial charge >= 0.3 is 0 Å². The molecule has 2 aliphatic heterocycles. The number of piperidine rings is 2. The lowest BCUT2D eigenvalue weighted by molar-refractivity contribution is 0.0975. The first-order valence-electron chi connectivity index (χ1n) is 11.5. The van der Waals surface area contributed by atoms with E-state index in [0.717, 1.165) is 30.4 Å². The van der Waals surface area contributed by atoms with Crippen molar-refractivity contribution in [3.8, 4) is 5.75 Å². The van der Waals surface area contributed by atoms with Gasteiger partial charge in [0, 0.05) is 21.9 Å². The van der Waals surface area contributed by atoms with Gasteiger partial charge in [-0.15, -0.1) is 0 Å². The summed E-state index contributed by atoms with van der Waals surface area (Å²) >= 11 is 1.78. The third-order valence-corrected chi connectivity index (χ3v) is 7.67. The number of nitrogens with zero attached hydrogens (tertiary/aromatic N) is 1. The van der Waals surface area contributed by atoms with E-state index >= 15 is 0 Å². The smallest absolute Gasteiger partial charge is 0.134 e. The van der Waals surface area contributed by atoms with Gasteiger partial charge < -0.3 is 14.1 Å². The fourth-order valence-corrected chi connectivity index (χ4v) is 6.01. The molecule has 0 saturated carbocycles. The van der Waals surface area contributed by atoms with Crippen LogP contribution >= 0.6 is 11.8 Å². The molecule has 2 aromatic carbocycles. The molecule has 0 N–H and O–H groups in total. The quantitative estimate of drug-likeness (QED) is 0.424. The second kappa shape index (κ2) is 9.07. The Balaban J connectivity index is 1.39. The number of ether oxygens (including phenoxy) is 1. The summed E-state index contributed by atoms with van der Waals surface area (Å²) in [5.74, 6) is 1.59. The van der Waals surface area contributed by atoms with Crippen LogP contribution in [0.1, 0.15) is 56.9 Å². The summed E-state index contributed by atoms with van der Waals surface area (Å²) in [4.78, 5) is 5.13. The number of hydrogen-bond acceptors (Lipinski definition) is 4. The molecule has 0 amide bonds. The van der Waals surface area contributed by atoms with E-state index in [4.69, 9.17) is 9.15 Å². The zero-order valence-electron chi connectivity index (χ0n) is 17.8.